The number of aromatic nitrogens is 3. The number of hydrogen-bond donors (Lipinski definition) is 2. The molecule has 0 spiro atoms. The molecule has 1 aromatic carbocycles. The van der Waals surface area contributed by atoms with Crippen LogP contribution < -0.4 is 0 Å². The number of nitrogens with zero attached hydrogens (tertiary/aromatic N) is 3. The Hall–Kier alpha value is -2.77. The number of alkyl halides is 3. The molecular formula is C16H14F3N3O2. The van der Waals surface area contributed by atoms with Crippen molar-refractivity contribution < 1.29 is 23.4 Å². The highest BCUT2D eigenvalue weighted by Gasteiger charge is 2.33. The van der Waals surface area contributed by atoms with E-state index in [-0.39, 0.29) is 29.4 Å². The Morgan fingerprint density at radius 2 is 1.88 bits per heavy atom. The van der Waals surface area contributed by atoms with E-state index in [4.69, 9.17) is 0 Å². The van der Waals surface area contributed by atoms with Crippen LogP contribution in [0.4, 0.5) is 13.2 Å². The van der Waals surface area contributed by atoms with E-state index in [0.29, 0.717) is 16.8 Å². The predicted molar refractivity (Wildman–Crippen MR) is 80.0 cm³/mol. The molecule has 0 atom stereocenters. The predicted octanol–water partition coefficient (Wildman–Crippen LogP) is 3.37. The van der Waals surface area contributed by atoms with Crippen molar-refractivity contribution in [2.45, 2.75) is 26.4 Å². The lowest BCUT2D eigenvalue weighted by Crippen LogP contribution is -2.09. The normalized spacial score (nSPS) is 12.0. The maximum atomic E-state index is 13.1. The van der Waals surface area contributed by atoms with Gasteiger partial charge in [-0.2, -0.15) is 27.8 Å². The zero-order valence-corrected chi connectivity index (χ0v) is 12.9. The van der Waals surface area contributed by atoms with E-state index in [1.54, 1.807) is 13.0 Å². The van der Waals surface area contributed by atoms with E-state index < -0.39 is 11.7 Å². The van der Waals surface area contributed by atoms with Crippen LogP contribution in [0.3, 0.4) is 0 Å². The number of aryl methyl sites for hydroxylation is 1. The van der Waals surface area contributed by atoms with E-state index in [1.807, 2.05) is 0 Å². The monoisotopic (exact) mass is 337 g/mol. The minimum absolute atomic E-state index is 0.133. The SMILES string of the molecule is Cc1nn2c(O)cc(O)nc2c1Cc1cccc(C(F)(F)F)c1C. The molecule has 0 saturated carbocycles. The summed E-state index contributed by atoms with van der Waals surface area (Å²) in [6.07, 6.45) is -4.27. The van der Waals surface area contributed by atoms with Gasteiger partial charge in [-0.3, -0.25) is 0 Å². The molecular weight excluding hydrogens is 323 g/mol. The van der Waals surface area contributed by atoms with Crippen molar-refractivity contribution in [3.05, 3.63) is 52.2 Å². The van der Waals surface area contributed by atoms with Crippen LogP contribution in [-0.2, 0) is 12.6 Å². The van der Waals surface area contributed by atoms with Crippen molar-refractivity contribution >= 4 is 5.65 Å². The van der Waals surface area contributed by atoms with E-state index in [9.17, 15) is 23.4 Å². The van der Waals surface area contributed by atoms with Crippen LogP contribution in [0.5, 0.6) is 11.8 Å². The van der Waals surface area contributed by atoms with E-state index in [1.165, 1.54) is 13.0 Å². The average Bonchev–Trinajstić information content (AvgIpc) is 2.77. The Bertz CT molecular complexity index is 932. The third-order valence-electron chi connectivity index (χ3n) is 3.97. The zero-order chi connectivity index (χ0) is 17.6. The molecule has 0 radical (unpaired) electrons. The maximum Gasteiger partial charge on any atom is 0.416 e. The molecule has 0 aliphatic heterocycles. The third kappa shape index (κ3) is 2.64. The average molecular weight is 337 g/mol. The highest BCUT2D eigenvalue weighted by atomic mass is 19.4. The number of rotatable bonds is 2. The fraction of sp³-hybridized carbons (Fsp3) is 0.250. The molecule has 3 rings (SSSR count). The topological polar surface area (TPSA) is 70.7 Å². The number of benzene rings is 1. The largest absolute Gasteiger partial charge is 0.493 e. The molecule has 5 nitrogen and oxygen atoms in total. The number of halogens is 3. The van der Waals surface area contributed by atoms with Gasteiger partial charge in [-0.15, -0.1) is 0 Å². The van der Waals surface area contributed by atoms with Crippen LogP contribution in [0.25, 0.3) is 5.65 Å². The van der Waals surface area contributed by atoms with Crippen molar-refractivity contribution in [2.75, 3.05) is 0 Å². The lowest BCUT2D eigenvalue weighted by molar-refractivity contribution is -0.138. The minimum Gasteiger partial charge on any atom is -0.493 e. The zero-order valence-electron chi connectivity index (χ0n) is 12.9. The Balaban J connectivity index is 2.13. The van der Waals surface area contributed by atoms with Gasteiger partial charge in [0, 0.05) is 12.0 Å². The van der Waals surface area contributed by atoms with Gasteiger partial charge in [0.25, 0.3) is 0 Å². The molecule has 0 aliphatic rings. The molecule has 2 N–H and O–H groups in total. The second-order valence-corrected chi connectivity index (χ2v) is 5.54. The molecule has 2 heterocycles. The van der Waals surface area contributed by atoms with E-state index >= 15 is 0 Å². The van der Waals surface area contributed by atoms with E-state index in [2.05, 4.69) is 10.1 Å². The summed E-state index contributed by atoms with van der Waals surface area (Å²) in [4.78, 5) is 3.93. The van der Waals surface area contributed by atoms with Gasteiger partial charge < -0.3 is 10.2 Å². The summed E-state index contributed by atoms with van der Waals surface area (Å²) in [5.41, 5.74) is 1.19. The summed E-state index contributed by atoms with van der Waals surface area (Å²) in [7, 11) is 0. The van der Waals surface area contributed by atoms with Crippen LogP contribution in [0.2, 0.25) is 0 Å². The first-order chi connectivity index (χ1) is 11.2. The first kappa shape index (κ1) is 16.1. The fourth-order valence-corrected chi connectivity index (χ4v) is 2.72. The Kier molecular flexibility index (Phi) is 3.62. The highest BCUT2D eigenvalue weighted by molar-refractivity contribution is 5.55. The lowest BCUT2D eigenvalue weighted by atomic mass is 9.96. The summed E-state index contributed by atoms with van der Waals surface area (Å²) in [6, 6.07) is 5.04. The Morgan fingerprint density at radius 3 is 2.54 bits per heavy atom. The summed E-state index contributed by atoms with van der Waals surface area (Å²) in [6.45, 7) is 3.09. The molecule has 24 heavy (non-hydrogen) atoms. The van der Waals surface area contributed by atoms with Gasteiger partial charge in [-0.1, -0.05) is 12.1 Å². The van der Waals surface area contributed by atoms with Crippen molar-refractivity contribution in [1.82, 2.24) is 14.6 Å². The Labute approximate surface area is 135 Å². The van der Waals surface area contributed by atoms with Crippen molar-refractivity contribution in [3.63, 3.8) is 0 Å². The molecule has 3 aromatic rings. The van der Waals surface area contributed by atoms with Crippen molar-refractivity contribution in [1.29, 1.82) is 0 Å². The highest BCUT2D eigenvalue weighted by Crippen LogP contribution is 2.34. The smallest absolute Gasteiger partial charge is 0.416 e. The van der Waals surface area contributed by atoms with Gasteiger partial charge in [0.05, 0.1) is 17.3 Å². The maximum absolute atomic E-state index is 13.1. The molecule has 0 fully saturated rings. The standard InChI is InChI=1S/C16H14F3N3O2/c1-8-10(4-3-5-12(8)16(17,18)19)6-11-9(2)21-22-14(24)7-13(23)20-15(11)22/h3-5,7,24H,6H2,1-2H3,(H,20,23). The van der Waals surface area contributed by atoms with Gasteiger partial charge in [-0.25, -0.2) is 0 Å². The minimum atomic E-state index is -4.43. The van der Waals surface area contributed by atoms with Crippen LogP contribution in [0.1, 0.15) is 27.9 Å². The molecule has 126 valence electrons. The number of aromatic hydroxyl groups is 2. The summed E-state index contributed by atoms with van der Waals surface area (Å²) in [5.74, 6) is -0.686. The van der Waals surface area contributed by atoms with Crippen LogP contribution in [0, 0.1) is 13.8 Å². The molecule has 0 bridgehead atoms. The van der Waals surface area contributed by atoms with Crippen molar-refractivity contribution in [3.8, 4) is 11.8 Å². The van der Waals surface area contributed by atoms with Crippen molar-refractivity contribution in [2.24, 2.45) is 0 Å². The molecule has 2 aromatic heterocycles. The van der Waals surface area contributed by atoms with Gasteiger partial charge in [-0.05, 0) is 31.0 Å². The summed E-state index contributed by atoms with van der Waals surface area (Å²) >= 11 is 0. The first-order valence-electron chi connectivity index (χ1n) is 7.11. The van der Waals surface area contributed by atoms with E-state index in [0.717, 1.165) is 16.6 Å². The second-order valence-electron chi connectivity index (χ2n) is 5.54. The van der Waals surface area contributed by atoms with Gasteiger partial charge >= 0.3 is 6.18 Å². The fourth-order valence-electron chi connectivity index (χ4n) is 2.72. The lowest BCUT2D eigenvalue weighted by Gasteiger charge is -2.13. The summed E-state index contributed by atoms with van der Waals surface area (Å²) < 4.78 is 40.3. The number of fused-ring (bicyclic) bond motifs is 1. The molecule has 0 aliphatic carbocycles. The second kappa shape index (κ2) is 5.40. The third-order valence-corrected chi connectivity index (χ3v) is 3.97. The van der Waals surface area contributed by atoms with Crippen LogP contribution in [0.15, 0.2) is 24.3 Å². The molecule has 0 saturated heterocycles. The van der Waals surface area contributed by atoms with Gasteiger partial charge in [0.2, 0.25) is 11.8 Å². The number of hydrogen-bond acceptors (Lipinski definition) is 4. The Morgan fingerprint density at radius 1 is 1.17 bits per heavy atom. The molecule has 8 heteroatoms. The quantitative estimate of drug-likeness (QED) is 0.752. The van der Waals surface area contributed by atoms with Gasteiger partial charge in [0.1, 0.15) is 0 Å². The molecule has 0 unspecified atom stereocenters. The van der Waals surface area contributed by atoms with Crippen LogP contribution in [-0.4, -0.2) is 24.8 Å². The van der Waals surface area contributed by atoms with Gasteiger partial charge in [0.15, 0.2) is 5.65 Å². The molecule has 0 amide bonds. The van der Waals surface area contributed by atoms with Crippen LogP contribution >= 0.6 is 0 Å². The first-order valence-corrected chi connectivity index (χ1v) is 7.11. The summed E-state index contributed by atoms with van der Waals surface area (Å²) in [5, 5.41) is 23.5.